The van der Waals surface area contributed by atoms with Crippen molar-refractivity contribution in [2.24, 2.45) is 0 Å². The number of aryl methyl sites for hydroxylation is 1. The van der Waals surface area contributed by atoms with Crippen molar-refractivity contribution in [1.29, 1.82) is 0 Å². The van der Waals surface area contributed by atoms with E-state index in [-0.39, 0.29) is 11.3 Å². The van der Waals surface area contributed by atoms with Gasteiger partial charge in [-0.05, 0) is 44.0 Å². The Balaban J connectivity index is 3.06. The Hall–Kier alpha value is -1.36. The predicted octanol–water partition coefficient (Wildman–Crippen LogP) is 2.02. The first-order chi connectivity index (χ1) is 7.74. The van der Waals surface area contributed by atoms with E-state index in [4.69, 9.17) is 5.11 Å². The molecule has 17 heavy (non-hydrogen) atoms. The van der Waals surface area contributed by atoms with Crippen LogP contribution in [0.3, 0.4) is 0 Å². The number of hydrogen-bond donors (Lipinski definition) is 1. The summed E-state index contributed by atoms with van der Waals surface area (Å²) < 4.78 is 23.5. The molecule has 0 bridgehead atoms. The van der Waals surface area contributed by atoms with E-state index in [1.54, 1.807) is 26.8 Å². The zero-order valence-corrected chi connectivity index (χ0v) is 10.9. The number of sulfone groups is 1. The molecular weight excluding hydrogens is 240 g/mol. The van der Waals surface area contributed by atoms with Gasteiger partial charge in [0.05, 0.1) is 16.6 Å². The average Bonchev–Trinajstić information content (AvgIpc) is 2.20. The standard InChI is InChI=1S/C12H16O4S/c1-8(2)17(15,16)7-11-5-4-10(12(13)14)6-9(11)3/h4-6,8H,7H2,1-3H3,(H,13,14). The highest BCUT2D eigenvalue weighted by molar-refractivity contribution is 7.91. The van der Waals surface area contributed by atoms with Crippen molar-refractivity contribution >= 4 is 15.8 Å². The molecule has 0 saturated heterocycles. The lowest BCUT2D eigenvalue weighted by Crippen LogP contribution is -2.16. The number of aromatic carboxylic acids is 1. The topological polar surface area (TPSA) is 71.4 Å². The van der Waals surface area contributed by atoms with E-state index in [9.17, 15) is 13.2 Å². The fourth-order valence-electron chi connectivity index (χ4n) is 1.37. The second kappa shape index (κ2) is 4.87. The molecule has 0 atom stereocenters. The Morgan fingerprint density at radius 2 is 1.94 bits per heavy atom. The third-order valence-electron chi connectivity index (χ3n) is 2.66. The van der Waals surface area contributed by atoms with E-state index in [1.807, 2.05) is 0 Å². The number of benzene rings is 1. The summed E-state index contributed by atoms with van der Waals surface area (Å²) in [5.74, 6) is -1.05. The van der Waals surface area contributed by atoms with Crippen LogP contribution < -0.4 is 0 Å². The Labute approximate surface area is 101 Å². The van der Waals surface area contributed by atoms with Gasteiger partial charge in [0.15, 0.2) is 9.84 Å². The Morgan fingerprint density at radius 3 is 2.35 bits per heavy atom. The molecule has 0 aliphatic rings. The fourth-order valence-corrected chi connectivity index (χ4v) is 2.46. The van der Waals surface area contributed by atoms with Crippen LogP contribution in [0.25, 0.3) is 0 Å². The third kappa shape index (κ3) is 3.30. The molecular formula is C12H16O4S. The number of hydrogen-bond acceptors (Lipinski definition) is 3. The van der Waals surface area contributed by atoms with Gasteiger partial charge in [-0.3, -0.25) is 0 Å². The summed E-state index contributed by atoms with van der Waals surface area (Å²) in [4.78, 5) is 10.7. The van der Waals surface area contributed by atoms with Crippen LogP contribution in [0.2, 0.25) is 0 Å². The van der Waals surface area contributed by atoms with E-state index in [0.717, 1.165) is 0 Å². The maximum absolute atomic E-state index is 11.8. The van der Waals surface area contributed by atoms with Crippen LogP contribution in [0.4, 0.5) is 0 Å². The van der Waals surface area contributed by atoms with E-state index in [0.29, 0.717) is 11.1 Å². The van der Waals surface area contributed by atoms with Crippen LogP contribution in [0.5, 0.6) is 0 Å². The minimum atomic E-state index is -3.15. The predicted molar refractivity (Wildman–Crippen MR) is 65.9 cm³/mol. The van der Waals surface area contributed by atoms with Gasteiger partial charge in [-0.25, -0.2) is 13.2 Å². The number of carboxylic acids is 1. The summed E-state index contributed by atoms with van der Waals surface area (Å²) in [6, 6.07) is 4.49. The van der Waals surface area contributed by atoms with E-state index in [1.165, 1.54) is 12.1 Å². The second-order valence-electron chi connectivity index (χ2n) is 4.30. The zero-order valence-electron chi connectivity index (χ0n) is 10.1. The summed E-state index contributed by atoms with van der Waals surface area (Å²) >= 11 is 0. The fraction of sp³-hybridized carbons (Fsp3) is 0.417. The molecule has 94 valence electrons. The summed E-state index contributed by atoms with van der Waals surface area (Å²) in [6.07, 6.45) is 0. The molecule has 1 aromatic rings. The monoisotopic (exact) mass is 256 g/mol. The van der Waals surface area contributed by atoms with E-state index < -0.39 is 21.1 Å². The van der Waals surface area contributed by atoms with Gasteiger partial charge in [-0.1, -0.05) is 6.07 Å². The molecule has 5 heteroatoms. The Bertz CT molecular complexity index is 529. The molecule has 0 amide bonds. The van der Waals surface area contributed by atoms with Crippen LogP contribution in [0.1, 0.15) is 35.3 Å². The van der Waals surface area contributed by atoms with E-state index in [2.05, 4.69) is 0 Å². The lowest BCUT2D eigenvalue weighted by molar-refractivity contribution is 0.0697. The lowest BCUT2D eigenvalue weighted by atomic mass is 10.1. The molecule has 4 nitrogen and oxygen atoms in total. The second-order valence-corrected chi connectivity index (χ2v) is 6.86. The van der Waals surface area contributed by atoms with Gasteiger partial charge in [-0.2, -0.15) is 0 Å². The van der Waals surface area contributed by atoms with Gasteiger partial charge < -0.3 is 5.11 Å². The summed E-state index contributed by atoms with van der Waals surface area (Å²) in [7, 11) is -3.15. The molecule has 1 aromatic carbocycles. The van der Waals surface area contributed by atoms with Crippen LogP contribution >= 0.6 is 0 Å². The Kier molecular flexibility index (Phi) is 3.93. The molecule has 0 heterocycles. The van der Waals surface area contributed by atoms with Crippen molar-refractivity contribution in [2.75, 3.05) is 0 Å². The van der Waals surface area contributed by atoms with Crippen LogP contribution in [0, 0.1) is 6.92 Å². The summed E-state index contributed by atoms with van der Waals surface area (Å²) in [5, 5.41) is 8.37. The zero-order chi connectivity index (χ0) is 13.2. The van der Waals surface area contributed by atoms with Gasteiger partial charge in [0, 0.05) is 0 Å². The van der Waals surface area contributed by atoms with Crippen LogP contribution in [-0.4, -0.2) is 24.7 Å². The number of carbonyl (C=O) groups is 1. The van der Waals surface area contributed by atoms with Crippen molar-refractivity contribution in [3.63, 3.8) is 0 Å². The van der Waals surface area contributed by atoms with Crippen LogP contribution in [0.15, 0.2) is 18.2 Å². The molecule has 0 spiro atoms. The van der Waals surface area contributed by atoms with Gasteiger partial charge in [-0.15, -0.1) is 0 Å². The Morgan fingerprint density at radius 1 is 1.35 bits per heavy atom. The summed E-state index contributed by atoms with van der Waals surface area (Å²) in [6.45, 7) is 4.99. The number of carboxylic acid groups (broad SMARTS) is 1. The molecule has 1 N–H and O–H groups in total. The molecule has 0 radical (unpaired) electrons. The minimum absolute atomic E-state index is 0.0452. The maximum Gasteiger partial charge on any atom is 0.335 e. The summed E-state index contributed by atoms with van der Waals surface area (Å²) in [5.41, 5.74) is 1.52. The molecule has 0 fully saturated rings. The molecule has 0 aliphatic carbocycles. The normalized spacial score (nSPS) is 11.8. The van der Waals surface area contributed by atoms with Crippen LogP contribution in [-0.2, 0) is 15.6 Å². The molecule has 1 rings (SSSR count). The van der Waals surface area contributed by atoms with Crippen molar-refractivity contribution in [3.8, 4) is 0 Å². The SMILES string of the molecule is Cc1cc(C(=O)O)ccc1CS(=O)(=O)C(C)C. The average molecular weight is 256 g/mol. The van der Waals surface area contributed by atoms with Gasteiger partial charge in [0.1, 0.15) is 0 Å². The first-order valence-electron chi connectivity index (χ1n) is 5.28. The van der Waals surface area contributed by atoms with E-state index >= 15 is 0 Å². The van der Waals surface area contributed by atoms with Gasteiger partial charge in [0.2, 0.25) is 0 Å². The largest absolute Gasteiger partial charge is 0.478 e. The van der Waals surface area contributed by atoms with Gasteiger partial charge >= 0.3 is 5.97 Å². The number of rotatable bonds is 4. The smallest absolute Gasteiger partial charge is 0.335 e. The third-order valence-corrected chi connectivity index (χ3v) is 4.81. The highest BCUT2D eigenvalue weighted by atomic mass is 32.2. The lowest BCUT2D eigenvalue weighted by Gasteiger charge is -2.10. The van der Waals surface area contributed by atoms with Crippen molar-refractivity contribution in [1.82, 2.24) is 0 Å². The molecule has 0 aromatic heterocycles. The van der Waals surface area contributed by atoms with Crippen molar-refractivity contribution in [2.45, 2.75) is 31.8 Å². The highest BCUT2D eigenvalue weighted by Gasteiger charge is 2.18. The van der Waals surface area contributed by atoms with Crippen molar-refractivity contribution in [3.05, 3.63) is 34.9 Å². The quantitative estimate of drug-likeness (QED) is 0.894. The maximum atomic E-state index is 11.8. The van der Waals surface area contributed by atoms with Crippen molar-refractivity contribution < 1.29 is 18.3 Å². The van der Waals surface area contributed by atoms with Gasteiger partial charge in [0.25, 0.3) is 0 Å². The minimum Gasteiger partial charge on any atom is -0.478 e. The molecule has 0 aliphatic heterocycles. The highest BCUT2D eigenvalue weighted by Crippen LogP contribution is 2.16. The first kappa shape index (κ1) is 13.7. The first-order valence-corrected chi connectivity index (χ1v) is 7.00. The molecule has 0 saturated carbocycles. The molecule has 0 unspecified atom stereocenters.